The van der Waals surface area contributed by atoms with Gasteiger partial charge in [0.05, 0.1) is 6.04 Å². The largest absolute Gasteiger partial charge is 0.345 e. The van der Waals surface area contributed by atoms with Crippen molar-refractivity contribution >= 4 is 5.91 Å². The van der Waals surface area contributed by atoms with Crippen molar-refractivity contribution in [2.45, 2.75) is 25.8 Å². The molecular weight excluding hydrogens is 152 g/mol. The monoisotopic (exact) mass is 170 g/mol. The van der Waals surface area contributed by atoms with Crippen LogP contribution in [0.1, 0.15) is 19.8 Å². The molecule has 0 bridgehead atoms. The van der Waals surface area contributed by atoms with Gasteiger partial charge in [-0.2, -0.15) is 0 Å². The minimum absolute atomic E-state index is 0.148. The summed E-state index contributed by atoms with van der Waals surface area (Å²) in [5.41, 5.74) is 0. The summed E-state index contributed by atoms with van der Waals surface area (Å²) < 4.78 is 0. The normalized spacial score (nSPS) is 24.4. The molecule has 3 nitrogen and oxygen atoms in total. The van der Waals surface area contributed by atoms with Crippen LogP contribution in [0.2, 0.25) is 0 Å². The number of nitrogens with zero attached hydrogens (tertiary/aromatic N) is 2. The van der Waals surface area contributed by atoms with E-state index in [1.54, 1.807) is 4.90 Å². The summed E-state index contributed by atoms with van der Waals surface area (Å²) in [7, 11) is 3.90. The van der Waals surface area contributed by atoms with Crippen LogP contribution in [-0.4, -0.2) is 48.9 Å². The quantitative estimate of drug-likeness (QED) is 0.604. The summed E-state index contributed by atoms with van der Waals surface area (Å²) in [6, 6.07) is 0.148. The number of amides is 1. The molecule has 0 aromatic heterocycles. The number of carbonyl (C=O) groups excluding carboxylic acids is 1. The molecule has 12 heavy (non-hydrogen) atoms. The van der Waals surface area contributed by atoms with Gasteiger partial charge in [-0.15, -0.1) is 0 Å². The number of hydrogen-bond donors (Lipinski definition) is 0. The van der Waals surface area contributed by atoms with Gasteiger partial charge in [0, 0.05) is 13.6 Å². The molecule has 3 heteroatoms. The summed E-state index contributed by atoms with van der Waals surface area (Å²) in [4.78, 5) is 15.6. The second-order valence-corrected chi connectivity index (χ2v) is 3.49. The number of likely N-dealkylation sites (tertiary alicyclic amines) is 1. The van der Waals surface area contributed by atoms with E-state index in [2.05, 4.69) is 4.90 Å². The molecule has 1 aliphatic rings. The molecule has 1 amide bonds. The second kappa shape index (κ2) is 3.90. The van der Waals surface area contributed by atoms with Crippen LogP contribution >= 0.6 is 0 Å². The van der Waals surface area contributed by atoms with Crippen molar-refractivity contribution < 1.29 is 4.79 Å². The van der Waals surface area contributed by atoms with Crippen LogP contribution in [0, 0.1) is 0 Å². The standard InChI is InChI=1S/C9H18N2O/c1-4-10(2)9(12)8-6-5-7-11(8)3/h8H,4-7H2,1-3H3. The van der Waals surface area contributed by atoms with Crippen LogP contribution in [0.3, 0.4) is 0 Å². The predicted octanol–water partition coefficient (Wildman–Crippen LogP) is 0.559. The van der Waals surface area contributed by atoms with Crippen LogP contribution in [0.5, 0.6) is 0 Å². The van der Waals surface area contributed by atoms with E-state index in [1.165, 1.54) is 0 Å². The van der Waals surface area contributed by atoms with E-state index in [1.807, 2.05) is 21.0 Å². The van der Waals surface area contributed by atoms with Gasteiger partial charge in [-0.1, -0.05) is 0 Å². The average molecular weight is 170 g/mol. The highest BCUT2D eigenvalue weighted by Crippen LogP contribution is 2.16. The zero-order chi connectivity index (χ0) is 9.14. The molecule has 0 N–H and O–H groups in total. The minimum atomic E-state index is 0.148. The molecule has 1 unspecified atom stereocenters. The minimum Gasteiger partial charge on any atom is -0.345 e. The first-order valence-electron chi connectivity index (χ1n) is 4.62. The SMILES string of the molecule is CCN(C)C(=O)C1CCCN1C. The molecule has 0 aromatic rings. The van der Waals surface area contributed by atoms with Crippen molar-refractivity contribution in [2.24, 2.45) is 0 Å². The topological polar surface area (TPSA) is 23.6 Å². The van der Waals surface area contributed by atoms with Crippen molar-refractivity contribution in [3.8, 4) is 0 Å². The highest BCUT2D eigenvalue weighted by atomic mass is 16.2. The van der Waals surface area contributed by atoms with Gasteiger partial charge >= 0.3 is 0 Å². The maximum atomic E-state index is 11.7. The lowest BCUT2D eigenvalue weighted by molar-refractivity contribution is -0.134. The molecule has 0 spiro atoms. The molecule has 0 aromatic carbocycles. The third kappa shape index (κ3) is 1.78. The Labute approximate surface area is 74.3 Å². The Bertz CT molecular complexity index is 170. The maximum absolute atomic E-state index is 11.7. The zero-order valence-electron chi connectivity index (χ0n) is 8.21. The van der Waals surface area contributed by atoms with Gasteiger partial charge in [-0.3, -0.25) is 9.69 Å². The Morgan fingerprint density at radius 1 is 1.67 bits per heavy atom. The molecule has 70 valence electrons. The zero-order valence-corrected chi connectivity index (χ0v) is 8.21. The first-order chi connectivity index (χ1) is 5.66. The molecule has 0 aliphatic carbocycles. The molecule has 1 aliphatic heterocycles. The van der Waals surface area contributed by atoms with E-state index in [0.717, 1.165) is 25.9 Å². The van der Waals surface area contributed by atoms with Crippen LogP contribution in [0.15, 0.2) is 0 Å². The molecule has 1 saturated heterocycles. The predicted molar refractivity (Wildman–Crippen MR) is 49.0 cm³/mol. The van der Waals surface area contributed by atoms with Crippen molar-refractivity contribution in [3.63, 3.8) is 0 Å². The molecule has 0 saturated carbocycles. The second-order valence-electron chi connectivity index (χ2n) is 3.49. The summed E-state index contributed by atoms with van der Waals surface area (Å²) in [5, 5.41) is 0. The lowest BCUT2D eigenvalue weighted by Crippen LogP contribution is -2.42. The van der Waals surface area contributed by atoms with Gasteiger partial charge in [0.15, 0.2) is 0 Å². The Morgan fingerprint density at radius 3 is 2.75 bits per heavy atom. The summed E-state index contributed by atoms with van der Waals surface area (Å²) in [6.07, 6.45) is 2.18. The van der Waals surface area contributed by atoms with E-state index in [4.69, 9.17) is 0 Å². The van der Waals surface area contributed by atoms with Crippen molar-refractivity contribution in [1.82, 2.24) is 9.80 Å². The van der Waals surface area contributed by atoms with Gasteiger partial charge < -0.3 is 4.90 Å². The van der Waals surface area contributed by atoms with Crippen molar-refractivity contribution in [2.75, 3.05) is 27.2 Å². The van der Waals surface area contributed by atoms with E-state index in [0.29, 0.717) is 0 Å². The van der Waals surface area contributed by atoms with Gasteiger partial charge in [0.1, 0.15) is 0 Å². The number of carbonyl (C=O) groups is 1. The fourth-order valence-corrected chi connectivity index (χ4v) is 1.63. The average Bonchev–Trinajstić information content (AvgIpc) is 2.48. The van der Waals surface area contributed by atoms with Gasteiger partial charge in [-0.25, -0.2) is 0 Å². The molecule has 0 radical (unpaired) electrons. The van der Waals surface area contributed by atoms with E-state index < -0.39 is 0 Å². The highest BCUT2D eigenvalue weighted by molar-refractivity contribution is 5.81. The number of likely N-dealkylation sites (N-methyl/N-ethyl adjacent to an activating group) is 2. The Kier molecular flexibility index (Phi) is 3.09. The lowest BCUT2D eigenvalue weighted by Gasteiger charge is -2.23. The smallest absolute Gasteiger partial charge is 0.239 e. The fraction of sp³-hybridized carbons (Fsp3) is 0.889. The first kappa shape index (κ1) is 9.52. The van der Waals surface area contributed by atoms with Gasteiger partial charge in [0.2, 0.25) is 5.91 Å². The van der Waals surface area contributed by atoms with Crippen LogP contribution in [0.25, 0.3) is 0 Å². The van der Waals surface area contributed by atoms with Crippen LogP contribution in [-0.2, 0) is 4.79 Å². The van der Waals surface area contributed by atoms with E-state index >= 15 is 0 Å². The number of rotatable bonds is 2. The highest BCUT2D eigenvalue weighted by Gasteiger charge is 2.29. The van der Waals surface area contributed by atoms with Crippen LogP contribution < -0.4 is 0 Å². The summed E-state index contributed by atoms with van der Waals surface area (Å²) in [5.74, 6) is 0.275. The Morgan fingerprint density at radius 2 is 2.33 bits per heavy atom. The third-order valence-electron chi connectivity index (χ3n) is 2.66. The van der Waals surface area contributed by atoms with Crippen molar-refractivity contribution in [1.29, 1.82) is 0 Å². The maximum Gasteiger partial charge on any atom is 0.239 e. The third-order valence-corrected chi connectivity index (χ3v) is 2.66. The summed E-state index contributed by atoms with van der Waals surface area (Å²) >= 11 is 0. The van der Waals surface area contributed by atoms with E-state index in [-0.39, 0.29) is 11.9 Å². The molecule has 1 fully saturated rings. The van der Waals surface area contributed by atoms with Crippen LogP contribution in [0.4, 0.5) is 0 Å². The molecular formula is C9H18N2O. The Balaban J connectivity index is 2.51. The molecule has 1 heterocycles. The van der Waals surface area contributed by atoms with Gasteiger partial charge in [0.25, 0.3) is 0 Å². The molecule has 1 atom stereocenters. The lowest BCUT2D eigenvalue weighted by atomic mass is 10.2. The van der Waals surface area contributed by atoms with E-state index in [9.17, 15) is 4.79 Å². The number of hydrogen-bond acceptors (Lipinski definition) is 2. The van der Waals surface area contributed by atoms with Crippen molar-refractivity contribution in [3.05, 3.63) is 0 Å². The summed E-state index contributed by atoms with van der Waals surface area (Å²) in [6.45, 7) is 3.88. The fourth-order valence-electron chi connectivity index (χ4n) is 1.63. The first-order valence-corrected chi connectivity index (χ1v) is 4.62. The Hall–Kier alpha value is -0.570. The van der Waals surface area contributed by atoms with Gasteiger partial charge in [-0.05, 0) is 33.4 Å². The molecule has 1 rings (SSSR count).